The molecule has 1 saturated heterocycles. The van der Waals surface area contributed by atoms with Gasteiger partial charge in [-0.3, -0.25) is 0 Å². The number of hydrogen-bond acceptors (Lipinski definition) is 4. The summed E-state index contributed by atoms with van der Waals surface area (Å²) >= 11 is 13.1. The summed E-state index contributed by atoms with van der Waals surface area (Å²) in [6.07, 6.45) is 2.24. The molecule has 2 aliphatic rings. The first-order chi connectivity index (χ1) is 14.5. The number of ether oxygens (including phenoxy) is 3. The van der Waals surface area contributed by atoms with Crippen LogP contribution in [0.3, 0.4) is 0 Å². The maximum Gasteiger partial charge on any atom is 0.339 e. The number of rotatable bonds is 3. The maximum atomic E-state index is 12.0. The highest BCUT2D eigenvalue weighted by Crippen LogP contribution is 2.49. The summed E-state index contributed by atoms with van der Waals surface area (Å²) in [5.41, 5.74) is 4.46. The lowest BCUT2D eigenvalue weighted by Gasteiger charge is -2.43. The normalized spacial score (nSPS) is 20.9. The second kappa shape index (κ2) is 7.77. The van der Waals surface area contributed by atoms with Crippen molar-refractivity contribution in [3.63, 3.8) is 0 Å². The minimum atomic E-state index is -1.18. The van der Waals surface area contributed by atoms with Crippen LogP contribution in [0.5, 0.6) is 0 Å². The average molecular weight is 463 g/mol. The van der Waals surface area contributed by atoms with Gasteiger partial charge in [0.25, 0.3) is 0 Å². The third kappa shape index (κ3) is 3.68. The molecule has 0 unspecified atom stereocenters. The van der Waals surface area contributed by atoms with Gasteiger partial charge in [-0.05, 0) is 53.0 Å². The first kappa shape index (κ1) is 22.6. The van der Waals surface area contributed by atoms with E-state index in [1.807, 2.05) is 0 Å². The standard InChI is InChI=1S/C25H28Cl2O4/c1-23(2)8-9-24(3,4)18-12-15(6-7-17(18)23)25(30-10-11-31-25)19-14-20(26)16(13-21(19)27)22(28)29-5/h6-7,12-14H,8-11H2,1-5H3. The number of esters is 1. The van der Waals surface area contributed by atoms with Crippen LogP contribution in [-0.2, 0) is 30.8 Å². The summed E-state index contributed by atoms with van der Waals surface area (Å²) in [6, 6.07) is 9.61. The molecule has 0 saturated carbocycles. The highest BCUT2D eigenvalue weighted by molar-refractivity contribution is 6.36. The lowest BCUT2D eigenvalue weighted by atomic mass is 9.62. The largest absolute Gasteiger partial charge is 0.465 e. The van der Waals surface area contributed by atoms with E-state index in [1.54, 1.807) is 6.07 Å². The monoisotopic (exact) mass is 462 g/mol. The van der Waals surface area contributed by atoms with Gasteiger partial charge >= 0.3 is 5.97 Å². The van der Waals surface area contributed by atoms with E-state index >= 15 is 0 Å². The fourth-order valence-electron chi connectivity index (χ4n) is 4.75. The van der Waals surface area contributed by atoms with Crippen LogP contribution in [-0.4, -0.2) is 26.3 Å². The Bertz CT molecular complexity index is 1040. The molecule has 1 fully saturated rings. The van der Waals surface area contributed by atoms with Crippen molar-refractivity contribution >= 4 is 29.2 Å². The molecule has 1 aliphatic carbocycles. The van der Waals surface area contributed by atoms with E-state index in [-0.39, 0.29) is 21.4 Å². The van der Waals surface area contributed by atoms with E-state index in [0.717, 1.165) is 18.4 Å². The van der Waals surface area contributed by atoms with E-state index in [4.69, 9.17) is 37.4 Å². The van der Waals surface area contributed by atoms with Crippen LogP contribution in [0.1, 0.15) is 73.1 Å². The van der Waals surface area contributed by atoms with Gasteiger partial charge in [-0.2, -0.15) is 0 Å². The van der Waals surface area contributed by atoms with Crippen molar-refractivity contribution in [3.8, 4) is 0 Å². The predicted octanol–water partition coefficient (Wildman–Crippen LogP) is 6.38. The van der Waals surface area contributed by atoms with Crippen LogP contribution in [0.2, 0.25) is 10.0 Å². The summed E-state index contributed by atoms with van der Waals surface area (Å²) in [4.78, 5) is 12.0. The zero-order valence-corrected chi connectivity index (χ0v) is 20.1. The fourth-order valence-corrected chi connectivity index (χ4v) is 5.28. The smallest absolute Gasteiger partial charge is 0.339 e. The van der Waals surface area contributed by atoms with Crippen molar-refractivity contribution in [3.05, 3.63) is 68.2 Å². The summed E-state index contributed by atoms with van der Waals surface area (Å²) < 4.78 is 17.2. The molecule has 2 aromatic rings. The molecular weight excluding hydrogens is 435 g/mol. The Morgan fingerprint density at radius 3 is 2.10 bits per heavy atom. The molecule has 4 rings (SSSR count). The third-order valence-electron chi connectivity index (χ3n) is 6.74. The summed E-state index contributed by atoms with van der Waals surface area (Å²) in [5, 5.41) is 0.577. The molecule has 1 aliphatic heterocycles. The molecular formula is C25H28Cl2O4. The van der Waals surface area contributed by atoms with Crippen molar-refractivity contribution in [2.24, 2.45) is 0 Å². The summed E-state index contributed by atoms with van der Waals surface area (Å²) in [6.45, 7) is 10.0. The molecule has 2 aromatic carbocycles. The first-order valence-electron chi connectivity index (χ1n) is 10.5. The highest BCUT2D eigenvalue weighted by Gasteiger charge is 2.45. The zero-order valence-electron chi connectivity index (χ0n) is 18.6. The molecule has 1 heterocycles. The van der Waals surface area contributed by atoms with Crippen LogP contribution in [0, 0.1) is 0 Å². The van der Waals surface area contributed by atoms with E-state index in [0.29, 0.717) is 23.8 Å². The van der Waals surface area contributed by atoms with Crippen LogP contribution in [0.15, 0.2) is 30.3 Å². The van der Waals surface area contributed by atoms with Gasteiger partial charge in [0, 0.05) is 11.1 Å². The fraction of sp³-hybridized carbons (Fsp3) is 0.480. The minimum absolute atomic E-state index is 0.0385. The Morgan fingerprint density at radius 2 is 1.48 bits per heavy atom. The molecule has 0 amide bonds. The minimum Gasteiger partial charge on any atom is -0.465 e. The quantitative estimate of drug-likeness (QED) is 0.496. The van der Waals surface area contributed by atoms with E-state index < -0.39 is 11.8 Å². The molecule has 0 atom stereocenters. The van der Waals surface area contributed by atoms with E-state index in [1.165, 1.54) is 24.3 Å². The Labute approximate surface area is 193 Å². The second-order valence-corrected chi connectivity index (χ2v) is 10.5. The molecule has 0 N–H and O–H groups in total. The number of carbonyl (C=O) groups excluding carboxylic acids is 1. The van der Waals surface area contributed by atoms with Gasteiger partial charge in [0.1, 0.15) is 0 Å². The van der Waals surface area contributed by atoms with Gasteiger partial charge in [0.05, 0.1) is 35.9 Å². The number of carbonyl (C=O) groups is 1. The molecule has 6 heteroatoms. The van der Waals surface area contributed by atoms with Gasteiger partial charge in [-0.1, -0.05) is 63.0 Å². The van der Waals surface area contributed by atoms with Crippen molar-refractivity contribution in [2.75, 3.05) is 20.3 Å². The molecule has 0 radical (unpaired) electrons. The molecule has 0 aromatic heterocycles. The molecule has 166 valence electrons. The van der Waals surface area contributed by atoms with Crippen LogP contribution < -0.4 is 0 Å². The lowest BCUT2D eigenvalue weighted by molar-refractivity contribution is -0.129. The zero-order chi connectivity index (χ0) is 22.6. The van der Waals surface area contributed by atoms with Crippen LogP contribution in [0.25, 0.3) is 0 Å². The second-order valence-electron chi connectivity index (χ2n) is 9.65. The molecule has 4 nitrogen and oxygen atoms in total. The lowest BCUT2D eigenvalue weighted by Crippen LogP contribution is -2.35. The SMILES string of the molecule is COC(=O)c1cc(Cl)c(C2(c3ccc4c(c3)C(C)(C)CCC4(C)C)OCCO2)cc1Cl. The molecule has 31 heavy (non-hydrogen) atoms. The predicted molar refractivity (Wildman–Crippen MR) is 122 cm³/mol. The summed E-state index contributed by atoms with van der Waals surface area (Å²) in [7, 11) is 1.31. The van der Waals surface area contributed by atoms with Crippen LogP contribution in [0.4, 0.5) is 0 Å². The van der Waals surface area contributed by atoms with Gasteiger partial charge in [-0.25, -0.2) is 4.79 Å². The number of fused-ring (bicyclic) bond motifs is 1. The molecule has 0 bridgehead atoms. The average Bonchev–Trinajstić information content (AvgIpc) is 3.23. The van der Waals surface area contributed by atoms with E-state index in [2.05, 4.69) is 45.9 Å². The van der Waals surface area contributed by atoms with Crippen molar-refractivity contribution in [1.82, 2.24) is 0 Å². The Kier molecular flexibility index (Phi) is 5.66. The van der Waals surface area contributed by atoms with Crippen LogP contribution >= 0.6 is 23.2 Å². The Morgan fingerprint density at radius 1 is 0.871 bits per heavy atom. The van der Waals surface area contributed by atoms with Gasteiger partial charge in [-0.15, -0.1) is 0 Å². The molecule has 0 spiro atoms. The van der Waals surface area contributed by atoms with Crippen molar-refractivity contribution in [1.29, 1.82) is 0 Å². The van der Waals surface area contributed by atoms with Crippen molar-refractivity contribution in [2.45, 2.75) is 57.2 Å². The first-order valence-corrected chi connectivity index (χ1v) is 11.3. The number of hydrogen-bond donors (Lipinski definition) is 0. The van der Waals surface area contributed by atoms with Gasteiger partial charge in [0.2, 0.25) is 5.79 Å². The topological polar surface area (TPSA) is 44.8 Å². The van der Waals surface area contributed by atoms with E-state index in [9.17, 15) is 4.79 Å². The van der Waals surface area contributed by atoms with Gasteiger partial charge in [0.15, 0.2) is 0 Å². The number of halogens is 2. The number of methoxy groups -OCH3 is 1. The van der Waals surface area contributed by atoms with Crippen molar-refractivity contribution < 1.29 is 19.0 Å². The maximum absolute atomic E-state index is 12.0. The Balaban J connectivity index is 1.90. The number of benzene rings is 2. The van der Waals surface area contributed by atoms with Gasteiger partial charge < -0.3 is 14.2 Å². The third-order valence-corrected chi connectivity index (χ3v) is 7.37. The highest BCUT2D eigenvalue weighted by atomic mass is 35.5. The summed E-state index contributed by atoms with van der Waals surface area (Å²) in [5.74, 6) is -1.72. The Hall–Kier alpha value is -1.59.